The lowest BCUT2D eigenvalue weighted by atomic mass is 10.1. The summed E-state index contributed by atoms with van der Waals surface area (Å²) in [6.45, 7) is 17.0. The molecule has 1 aliphatic carbocycles. The van der Waals surface area contributed by atoms with E-state index in [-0.39, 0.29) is 5.60 Å². The Bertz CT molecular complexity index is 757. The summed E-state index contributed by atoms with van der Waals surface area (Å²) in [5.41, 5.74) is 5.39. The van der Waals surface area contributed by atoms with E-state index < -0.39 is 0 Å². The predicted molar refractivity (Wildman–Crippen MR) is 136 cm³/mol. The van der Waals surface area contributed by atoms with Gasteiger partial charge in [-0.25, -0.2) is 0 Å². The molecule has 4 nitrogen and oxygen atoms in total. The van der Waals surface area contributed by atoms with Crippen molar-refractivity contribution in [2.45, 2.75) is 73.3 Å². The molecule has 0 heterocycles. The molecule has 5 heteroatoms. The Hall–Kier alpha value is -1.59. The first-order valence-electron chi connectivity index (χ1n) is 11.1. The molecule has 0 amide bonds. The third kappa shape index (κ3) is 11.0. The number of nitrogens with one attached hydrogen (secondary N) is 1. The summed E-state index contributed by atoms with van der Waals surface area (Å²) >= 11 is 3.51. The average Bonchev–Trinajstić information content (AvgIpc) is 3.41. The molecule has 1 aromatic carbocycles. The van der Waals surface area contributed by atoms with Gasteiger partial charge in [0.1, 0.15) is 5.60 Å². The monoisotopic (exact) mass is 492 g/mol. The Morgan fingerprint density at radius 1 is 1.26 bits per heavy atom. The molecular formula is C26H41BrN2O2. The lowest BCUT2D eigenvalue weighted by Crippen LogP contribution is -2.31. The molecule has 0 aromatic heterocycles. The van der Waals surface area contributed by atoms with Gasteiger partial charge >= 0.3 is 0 Å². The van der Waals surface area contributed by atoms with Crippen LogP contribution in [0.4, 0.5) is 0 Å². The maximum atomic E-state index is 9.60. The molecule has 31 heavy (non-hydrogen) atoms. The largest absolute Gasteiger partial charge is 0.462 e. The van der Waals surface area contributed by atoms with Gasteiger partial charge in [0.25, 0.3) is 6.47 Å². The Balaban J connectivity index is 0.000000592. The standard InChI is InChI=1S/C21H31BrN2.C5H10O2/c1-6-16(3)20(14-24(5)15-21(4)12-13-21)23-19(7-2)17-8-10-18(22)11-9-17;1-5(2,3)7-4-6/h7-11,23H,6,12-15H2,1-5H3;4H,1-3H3/b19-7-,20-16?;. The quantitative estimate of drug-likeness (QED) is 0.386. The van der Waals surface area contributed by atoms with Crippen molar-refractivity contribution < 1.29 is 9.53 Å². The van der Waals surface area contributed by atoms with Crippen molar-refractivity contribution in [1.82, 2.24) is 10.2 Å². The number of carbonyl (C=O) groups excluding carboxylic acids is 1. The number of hydrogen-bond donors (Lipinski definition) is 1. The fraction of sp³-hybridized carbons (Fsp3) is 0.577. The predicted octanol–water partition coefficient (Wildman–Crippen LogP) is 6.77. The fourth-order valence-electron chi connectivity index (χ4n) is 3.09. The fourth-order valence-corrected chi connectivity index (χ4v) is 3.36. The van der Waals surface area contributed by atoms with Crippen molar-refractivity contribution in [3.8, 4) is 0 Å². The first-order chi connectivity index (χ1) is 14.4. The van der Waals surface area contributed by atoms with E-state index in [4.69, 9.17) is 0 Å². The minimum Gasteiger partial charge on any atom is -0.462 e. The third-order valence-corrected chi connectivity index (χ3v) is 5.89. The van der Waals surface area contributed by atoms with Crippen LogP contribution in [0.25, 0.3) is 5.70 Å². The van der Waals surface area contributed by atoms with Crippen LogP contribution >= 0.6 is 15.9 Å². The van der Waals surface area contributed by atoms with Gasteiger partial charge in [0.15, 0.2) is 0 Å². The van der Waals surface area contributed by atoms with E-state index in [1.54, 1.807) is 0 Å². The zero-order valence-electron chi connectivity index (χ0n) is 20.6. The molecule has 1 fully saturated rings. The van der Waals surface area contributed by atoms with E-state index in [0.717, 1.165) is 17.4 Å². The number of carbonyl (C=O) groups is 1. The van der Waals surface area contributed by atoms with Gasteiger partial charge in [-0.1, -0.05) is 53.6 Å². The number of halogens is 1. The Morgan fingerprint density at radius 2 is 1.84 bits per heavy atom. The second kappa shape index (κ2) is 12.4. The summed E-state index contributed by atoms with van der Waals surface area (Å²) in [5.74, 6) is 0. The van der Waals surface area contributed by atoms with E-state index in [1.165, 1.54) is 41.9 Å². The minimum atomic E-state index is -0.318. The molecular weight excluding hydrogens is 452 g/mol. The Morgan fingerprint density at radius 3 is 2.23 bits per heavy atom. The molecule has 0 spiro atoms. The molecule has 1 aromatic rings. The molecule has 0 radical (unpaired) electrons. The topological polar surface area (TPSA) is 41.6 Å². The van der Waals surface area contributed by atoms with Crippen molar-refractivity contribution in [3.63, 3.8) is 0 Å². The van der Waals surface area contributed by atoms with Gasteiger partial charge in [-0.2, -0.15) is 0 Å². The molecule has 174 valence electrons. The van der Waals surface area contributed by atoms with E-state index in [0.29, 0.717) is 11.9 Å². The summed E-state index contributed by atoms with van der Waals surface area (Å²) in [7, 11) is 2.24. The number of ether oxygens (including phenoxy) is 1. The van der Waals surface area contributed by atoms with Crippen molar-refractivity contribution in [1.29, 1.82) is 0 Å². The highest BCUT2D eigenvalue weighted by Crippen LogP contribution is 2.45. The van der Waals surface area contributed by atoms with Crippen LogP contribution in [0.15, 0.2) is 46.1 Å². The lowest BCUT2D eigenvalue weighted by Gasteiger charge is -2.25. The number of allylic oxidation sites excluding steroid dienone is 2. The maximum Gasteiger partial charge on any atom is 0.293 e. The number of rotatable bonds is 9. The molecule has 1 N–H and O–H groups in total. The van der Waals surface area contributed by atoms with Crippen LogP contribution in [0, 0.1) is 5.41 Å². The van der Waals surface area contributed by atoms with E-state index >= 15 is 0 Å². The molecule has 0 unspecified atom stereocenters. The van der Waals surface area contributed by atoms with E-state index in [2.05, 4.69) is 96.0 Å². The van der Waals surface area contributed by atoms with Gasteiger partial charge < -0.3 is 15.0 Å². The zero-order valence-corrected chi connectivity index (χ0v) is 22.2. The van der Waals surface area contributed by atoms with Gasteiger partial charge in [-0.15, -0.1) is 0 Å². The van der Waals surface area contributed by atoms with E-state index in [9.17, 15) is 4.79 Å². The third-order valence-electron chi connectivity index (χ3n) is 5.36. The van der Waals surface area contributed by atoms with Gasteiger partial charge in [0.2, 0.25) is 0 Å². The zero-order chi connectivity index (χ0) is 23.7. The first-order valence-corrected chi connectivity index (χ1v) is 11.9. The molecule has 1 saturated carbocycles. The number of nitrogens with zero attached hydrogens (tertiary/aromatic N) is 1. The van der Waals surface area contributed by atoms with Crippen LogP contribution in [-0.4, -0.2) is 37.1 Å². The molecule has 0 atom stereocenters. The summed E-state index contributed by atoms with van der Waals surface area (Å²) in [6, 6.07) is 8.49. The van der Waals surface area contributed by atoms with Crippen molar-refractivity contribution in [2.24, 2.45) is 5.41 Å². The highest BCUT2D eigenvalue weighted by atomic mass is 79.9. The molecule has 2 rings (SSSR count). The molecule has 1 aliphatic rings. The van der Waals surface area contributed by atoms with Gasteiger partial charge in [0, 0.05) is 29.0 Å². The SMILES string of the molecule is C/C=C(\NC(CN(C)CC1(C)CC1)=C(C)CC)c1ccc(Br)cc1.CC(C)(C)OC=O. The van der Waals surface area contributed by atoms with Gasteiger partial charge in [-0.3, -0.25) is 4.79 Å². The highest BCUT2D eigenvalue weighted by molar-refractivity contribution is 9.10. The molecule has 0 bridgehead atoms. The molecule has 0 saturated heterocycles. The van der Waals surface area contributed by atoms with Crippen molar-refractivity contribution in [2.75, 3.05) is 20.1 Å². The number of benzene rings is 1. The summed E-state index contributed by atoms with van der Waals surface area (Å²) in [4.78, 5) is 12.1. The first kappa shape index (κ1) is 27.4. The number of hydrogen-bond acceptors (Lipinski definition) is 4. The maximum absolute atomic E-state index is 9.60. The van der Waals surface area contributed by atoms with Crippen LogP contribution in [-0.2, 0) is 9.53 Å². The van der Waals surface area contributed by atoms with Crippen LogP contribution in [0.3, 0.4) is 0 Å². The molecule has 0 aliphatic heterocycles. The lowest BCUT2D eigenvalue weighted by molar-refractivity contribution is -0.138. The van der Waals surface area contributed by atoms with Crippen LogP contribution in [0.5, 0.6) is 0 Å². The van der Waals surface area contributed by atoms with Gasteiger partial charge in [-0.05, 0) is 84.0 Å². The van der Waals surface area contributed by atoms with Crippen molar-refractivity contribution >= 4 is 28.1 Å². The average molecular weight is 494 g/mol. The smallest absolute Gasteiger partial charge is 0.293 e. The highest BCUT2D eigenvalue weighted by Gasteiger charge is 2.38. The Labute approximate surface area is 198 Å². The minimum absolute atomic E-state index is 0.318. The summed E-state index contributed by atoms with van der Waals surface area (Å²) in [5, 5.41) is 3.71. The van der Waals surface area contributed by atoms with Crippen molar-refractivity contribution in [3.05, 3.63) is 51.6 Å². The van der Waals surface area contributed by atoms with Crippen LogP contribution in [0.1, 0.15) is 73.3 Å². The van der Waals surface area contributed by atoms with E-state index in [1.807, 2.05) is 20.8 Å². The van der Waals surface area contributed by atoms with Crippen LogP contribution < -0.4 is 5.32 Å². The second-order valence-electron chi connectivity index (χ2n) is 9.76. The normalized spacial score (nSPS) is 16.1. The summed E-state index contributed by atoms with van der Waals surface area (Å²) < 4.78 is 5.66. The van der Waals surface area contributed by atoms with Crippen LogP contribution in [0.2, 0.25) is 0 Å². The van der Waals surface area contributed by atoms with Gasteiger partial charge in [0.05, 0.1) is 0 Å². The Kier molecular flexibility index (Phi) is 11.0. The summed E-state index contributed by atoms with van der Waals surface area (Å²) in [6.07, 6.45) is 5.98. The second-order valence-corrected chi connectivity index (χ2v) is 10.7. The number of likely N-dealkylation sites (N-methyl/N-ethyl adjacent to an activating group) is 1.